The summed E-state index contributed by atoms with van der Waals surface area (Å²) in [7, 11) is -0.615. The van der Waals surface area contributed by atoms with Crippen LogP contribution < -0.4 is 5.56 Å². The minimum atomic E-state index is -3.56. The van der Waals surface area contributed by atoms with E-state index in [0.717, 1.165) is 34.3 Å². The van der Waals surface area contributed by atoms with Gasteiger partial charge >= 0.3 is 0 Å². The molecule has 0 radical (unpaired) electrons. The van der Waals surface area contributed by atoms with E-state index in [9.17, 15) is 13.2 Å². The van der Waals surface area contributed by atoms with Gasteiger partial charge in [0.05, 0.1) is 17.1 Å². The van der Waals surface area contributed by atoms with Crippen LogP contribution in [-0.2, 0) is 29.4 Å². The average molecular weight is 367 g/mol. The van der Waals surface area contributed by atoms with Gasteiger partial charge in [-0.15, -0.1) is 11.3 Å². The first kappa shape index (κ1) is 17.3. The fraction of sp³-hybridized carbons (Fsp3) is 0.500. The van der Waals surface area contributed by atoms with Gasteiger partial charge in [-0.3, -0.25) is 4.79 Å². The van der Waals surface area contributed by atoms with Crippen molar-refractivity contribution in [2.24, 2.45) is 5.92 Å². The molecule has 0 spiro atoms. The van der Waals surface area contributed by atoms with Gasteiger partial charge in [0, 0.05) is 31.2 Å². The molecule has 8 heteroatoms. The predicted molar refractivity (Wildman–Crippen MR) is 94.0 cm³/mol. The zero-order valence-electron chi connectivity index (χ0n) is 14.0. The van der Waals surface area contributed by atoms with E-state index in [0.29, 0.717) is 12.5 Å². The molecule has 0 saturated heterocycles. The van der Waals surface area contributed by atoms with Crippen LogP contribution in [0, 0.1) is 5.92 Å². The molecule has 0 aliphatic heterocycles. The molecule has 0 N–H and O–H groups in total. The van der Waals surface area contributed by atoms with Crippen LogP contribution in [0.4, 0.5) is 0 Å². The van der Waals surface area contributed by atoms with Crippen molar-refractivity contribution < 1.29 is 8.42 Å². The molecular weight excluding hydrogens is 346 g/mol. The summed E-state index contributed by atoms with van der Waals surface area (Å²) in [5.74, 6) is 0.669. The molecule has 1 aliphatic rings. The SMILES string of the molecule is CC1CCc2nc(Cn3cc(S(=O)(=O)N(C)C)ccc3=O)sc2C1. The van der Waals surface area contributed by atoms with Crippen LogP contribution in [0.3, 0.4) is 0 Å². The Labute approximate surface area is 145 Å². The third-order valence-corrected chi connectivity index (χ3v) is 7.17. The number of aromatic nitrogens is 2. The number of thiazole rings is 1. The van der Waals surface area contributed by atoms with Crippen LogP contribution in [0.5, 0.6) is 0 Å². The summed E-state index contributed by atoms with van der Waals surface area (Å²) in [6, 6.07) is 2.65. The number of pyridine rings is 1. The molecule has 130 valence electrons. The molecule has 1 aliphatic carbocycles. The van der Waals surface area contributed by atoms with Crippen molar-refractivity contribution in [3.05, 3.63) is 44.3 Å². The highest BCUT2D eigenvalue weighted by Crippen LogP contribution is 2.30. The summed E-state index contributed by atoms with van der Waals surface area (Å²) in [6.45, 7) is 2.55. The number of sulfonamides is 1. The maximum atomic E-state index is 12.2. The maximum absolute atomic E-state index is 12.2. The maximum Gasteiger partial charge on any atom is 0.250 e. The highest BCUT2D eigenvalue weighted by Gasteiger charge is 2.21. The Bertz CT molecular complexity index is 913. The number of fused-ring (bicyclic) bond motifs is 1. The fourth-order valence-electron chi connectivity index (χ4n) is 2.80. The normalized spacial score (nSPS) is 17.9. The van der Waals surface area contributed by atoms with Crippen LogP contribution >= 0.6 is 11.3 Å². The topological polar surface area (TPSA) is 72.3 Å². The number of rotatable bonds is 4. The molecule has 3 rings (SSSR count). The average Bonchev–Trinajstić information content (AvgIpc) is 2.90. The van der Waals surface area contributed by atoms with E-state index in [4.69, 9.17) is 0 Å². The molecule has 2 heterocycles. The first-order valence-corrected chi connectivity index (χ1v) is 10.1. The molecule has 0 saturated carbocycles. The largest absolute Gasteiger partial charge is 0.307 e. The van der Waals surface area contributed by atoms with Gasteiger partial charge in [-0.1, -0.05) is 6.92 Å². The van der Waals surface area contributed by atoms with Gasteiger partial charge in [0.1, 0.15) is 5.01 Å². The van der Waals surface area contributed by atoms with Crippen molar-refractivity contribution in [1.82, 2.24) is 13.9 Å². The molecule has 0 amide bonds. The molecule has 0 aromatic carbocycles. The summed E-state index contributed by atoms with van der Waals surface area (Å²) in [5.41, 5.74) is 0.910. The van der Waals surface area contributed by atoms with Crippen molar-refractivity contribution in [2.45, 2.75) is 37.6 Å². The van der Waals surface area contributed by atoms with Crippen molar-refractivity contribution in [3.63, 3.8) is 0 Å². The molecule has 1 unspecified atom stereocenters. The van der Waals surface area contributed by atoms with Gasteiger partial charge in [-0.25, -0.2) is 17.7 Å². The number of nitrogens with zero attached hydrogens (tertiary/aromatic N) is 3. The third-order valence-electron chi connectivity index (χ3n) is 4.27. The van der Waals surface area contributed by atoms with E-state index in [1.807, 2.05) is 0 Å². The van der Waals surface area contributed by atoms with E-state index in [2.05, 4.69) is 11.9 Å². The monoisotopic (exact) mass is 367 g/mol. The van der Waals surface area contributed by atoms with Crippen LogP contribution in [0.15, 0.2) is 28.0 Å². The van der Waals surface area contributed by atoms with E-state index in [1.165, 1.54) is 41.9 Å². The number of hydrogen-bond donors (Lipinski definition) is 0. The molecule has 2 aromatic rings. The Morgan fingerprint density at radius 2 is 2.12 bits per heavy atom. The van der Waals surface area contributed by atoms with Gasteiger partial charge in [0.15, 0.2) is 0 Å². The third kappa shape index (κ3) is 3.31. The Morgan fingerprint density at radius 3 is 2.83 bits per heavy atom. The Morgan fingerprint density at radius 1 is 1.38 bits per heavy atom. The lowest BCUT2D eigenvalue weighted by Gasteiger charge is -2.15. The van der Waals surface area contributed by atoms with Gasteiger partial charge in [0.25, 0.3) is 5.56 Å². The second-order valence-electron chi connectivity index (χ2n) is 6.44. The van der Waals surface area contributed by atoms with Crippen LogP contribution in [0.1, 0.15) is 28.9 Å². The molecule has 0 fully saturated rings. The summed E-state index contributed by atoms with van der Waals surface area (Å²) in [6.07, 6.45) is 4.57. The van der Waals surface area contributed by atoms with Gasteiger partial charge in [-0.2, -0.15) is 0 Å². The van der Waals surface area contributed by atoms with E-state index in [-0.39, 0.29) is 10.5 Å². The smallest absolute Gasteiger partial charge is 0.250 e. The molecule has 2 aromatic heterocycles. The lowest BCUT2D eigenvalue weighted by atomic mass is 9.93. The first-order chi connectivity index (χ1) is 11.3. The van der Waals surface area contributed by atoms with Crippen molar-refractivity contribution in [3.8, 4) is 0 Å². The quantitative estimate of drug-likeness (QED) is 0.825. The summed E-state index contributed by atoms with van der Waals surface area (Å²) in [5, 5.41) is 0.857. The van der Waals surface area contributed by atoms with Crippen LogP contribution in [0.25, 0.3) is 0 Å². The Kier molecular flexibility index (Phi) is 4.63. The van der Waals surface area contributed by atoms with Gasteiger partial charge in [0.2, 0.25) is 10.0 Å². The highest BCUT2D eigenvalue weighted by molar-refractivity contribution is 7.89. The van der Waals surface area contributed by atoms with Crippen LogP contribution in [0.2, 0.25) is 0 Å². The van der Waals surface area contributed by atoms with Gasteiger partial charge < -0.3 is 4.57 Å². The van der Waals surface area contributed by atoms with Crippen LogP contribution in [-0.4, -0.2) is 36.4 Å². The predicted octanol–water partition coefficient (Wildman–Crippen LogP) is 1.73. The van der Waals surface area contributed by atoms with Crippen molar-refractivity contribution in [2.75, 3.05) is 14.1 Å². The van der Waals surface area contributed by atoms with Crippen molar-refractivity contribution in [1.29, 1.82) is 0 Å². The second-order valence-corrected chi connectivity index (χ2v) is 9.76. The van der Waals surface area contributed by atoms with E-state index < -0.39 is 10.0 Å². The number of hydrogen-bond acceptors (Lipinski definition) is 5. The molecule has 0 bridgehead atoms. The number of aryl methyl sites for hydroxylation is 1. The van der Waals surface area contributed by atoms with E-state index >= 15 is 0 Å². The second kappa shape index (κ2) is 6.42. The molecule has 24 heavy (non-hydrogen) atoms. The summed E-state index contributed by atoms with van der Waals surface area (Å²) < 4.78 is 27.0. The Hall–Kier alpha value is -1.51. The zero-order chi connectivity index (χ0) is 17.5. The summed E-state index contributed by atoms with van der Waals surface area (Å²) >= 11 is 1.63. The highest BCUT2D eigenvalue weighted by atomic mass is 32.2. The minimum Gasteiger partial charge on any atom is -0.307 e. The first-order valence-electron chi connectivity index (χ1n) is 7.88. The standard InChI is InChI=1S/C16H21N3O3S2/c1-11-4-6-13-14(8-11)23-15(17-13)10-19-9-12(5-7-16(19)20)24(21,22)18(2)3/h5,7,9,11H,4,6,8,10H2,1-3H3. The van der Waals surface area contributed by atoms with Gasteiger partial charge in [-0.05, 0) is 31.2 Å². The summed E-state index contributed by atoms with van der Waals surface area (Å²) in [4.78, 5) is 18.2. The fourth-order valence-corrected chi connectivity index (χ4v) is 5.00. The molecule has 6 nitrogen and oxygen atoms in total. The lowest BCUT2D eigenvalue weighted by molar-refractivity contribution is 0.501. The minimum absolute atomic E-state index is 0.113. The van der Waals surface area contributed by atoms with E-state index in [1.54, 1.807) is 11.3 Å². The zero-order valence-corrected chi connectivity index (χ0v) is 15.7. The molecular formula is C16H21N3O3S2. The van der Waals surface area contributed by atoms with Crippen molar-refractivity contribution >= 4 is 21.4 Å². The Balaban J connectivity index is 1.92. The molecule has 1 atom stereocenters. The lowest BCUT2D eigenvalue weighted by Crippen LogP contribution is -2.26.